The first-order valence-electron chi connectivity index (χ1n) is 9.46. The predicted octanol–water partition coefficient (Wildman–Crippen LogP) is 5.14. The summed E-state index contributed by atoms with van der Waals surface area (Å²) in [6.45, 7) is 2.25. The van der Waals surface area contributed by atoms with E-state index in [1.54, 1.807) is 11.1 Å². The molecule has 0 N–H and O–H groups in total. The number of hydrogen-bond donors (Lipinski definition) is 0. The fraction of sp³-hybridized carbons (Fsp3) is 0.700. The molecule has 2 aliphatic rings. The van der Waals surface area contributed by atoms with Crippen LogP contribution < -0.4 is 0 Å². The lowest BCUT2D eigenvalue weighted by Gasteiger charge is -2.32. The van der Waals surface area contributed by atoms with E-state index in [1.165, 1.54) is 69.8 Å². The minimum Gasteiger partial charge on any atom is -0.421 e. The molecular formula is C20H32OSi. The normalized spacial score (nSPS) is 22.8. The summed E-state index contributed by atoms with van der Waals surface area (Å²) in [7, 11) is 0.827. The smallest absolute Gasteiger partial charge is 0.146 e. The van der Waals surface area contributed by atoms with Crippen molar-refractivity contribution in [3.05, 3.63) is 34.9 Å². The molecule has 1 aromatic rings. The van der Waals surface area contributed by atoms with Gasteiger partial charge in [0.1, 0.15) is 10.5 Å². The largest absolute Gasteiger partial charge is 0.421 e. The van der Waals surface area contributed by atoms with Gasteiger partial charge in [-0.05, 0) is 61.1 Å². The van der Waals surface area contributed by atoms with Crippen LogP contribution in [0.1, 0.15) is 106 Å². The summed E-state index contributed by atoms with van der Waals surface area (Å²) >= 11 is 0. The first-order valence-corrected chi connectivity index (χ1v) is 10.3. The Bertz CT molecular complexity index is 473. The lowest BCUT2D eigenvalue weighted by Crippen LogP contribution is -2.16. The highest BCUT2D eigenvalue weighted by Gasteiger charge is 2.27. The Labute approximate surface area is 139 Å². The van der Waals surface area contributed by atoms with Crippen molar-refractivity contribution in [1.82, 2.24) is 0 Å². The SMILES string of the molecule is CC(O[SiH3])c1cccc(C2CCCCC2)c1C1CCCCC1. The molecule has 0 radical (unpaired) electrons. The Hall–Kier alpha value is -0.603. The van der Waals surface area contributed by atoms with Gasteiger partial charge in [-0.25, -0.2) is 0 Å². The molecule has 0 saturated heterocycles. The molecule has 1 unspecified atom stereocenters. The van der Waals surface area contributed by atoms with Crippen LogP contribution in [0.25, 0.3) is 0 Å². The fourth-order valence-electron chi connectivity index (χ4n) is 4.72. The van der Waals surface area contributed by atoms with Crippen molar-refractivity contribution in [2.75, 3.05) is 0 Å². The predicted molar refractivity (Wildman–Crippen MR) is 97.5 cm³/mol. The Morgan fingerprint density at radius 1 is 0.909 bits per heavy atom. The third kappa shape index (κ3) is 3.49. The molecule has 0 aromatic heterocycles. The molecule has 1 aromatic carbocycles. The highest BCUT2D eigenvalue weighted by Crippen LogP contribution is 2.44. The summed E-state index contributed by atoms with van der Waals surface area (Å²) in [5, 5.41) is 0. The minimum atomic E-state index is 0.284. The van der Waals surface area contributed by atoms with E-state index in [0.29, 0.717) is 0 Å². The van der Waals surface area contributed by atoms with Gasteiger partial charge >= 0.3 is 0 Å². The van der Waals surface area contributed by atoms with Crippen LogP contribution in [0.5, 0.6) is 0 Å². The van der Waals surface area contributed by atoms with Gasteiger partial charge in [0.25, 0.3) is 0 Å². The van der Waals surface area contributed by atoms with E-state index in [4.69, 9.17) is 4.43 Å². The van der Waals surface area contributed by atoms with Crippen LogP contribution in [0.15, 0.2) is 18.2 Å². The molecule has 0 bridgehead atoms. The van der Waals surface area contributed by atoms with Crippen molar-refractivity contribution in [1.29, 1.82) is 0 Å². The molecule has 0 heterocycles. The van der Waals surface area contributed by atoms with Crippen LogP contribution in [0.3, 0.4) is 0 Å². The van der Waals surface area contributed by atoms with Crippen LogP contribution in [-0.2, 0) is 4.43 Å². The molecule has 2 heteroatoms. The van der Waals surface area contributed by atoms with E-state index in [0.717, 1.165) is 22.3 Å². The van der Waals surface area contributed by atoms with Crippen LogP contribution in [0, 0.1) is 0 Å². The van der Waals surface area contributed by atoms with E-state index < -0.39 is 0 Å². The summed E-state index contributed by atoms with van der Waals surface area (Å²) in [4.78, 5) is 0. The summed E-state index contributed by atoms with van der Waals surface area (Å²) in [5.74, 6) is 1.60. The summed E-state index contributed by atoms with van der Waals surface area (Å²) < 4.78 is 5.85. The van der Waals surface area contributed by atoms with Crippen molar-refractivity contribution in [2.45, 2.75) is 89.1 Å². The van der Waals surface area contributed by atoms with Gasteiger partial charge in [-0.15, -0.1) is 0 Å². The van der Waals surface area contributed by atoms with Crippen molar-refractivity contribution in [3.8, 4) is 0 Å². The summed E-state index contributed by atoms with van der Waals surface area (Å²) in [5.41, 5.74) is 4.90. The number of rotatable bonds is 4. The minimum absolute atomic E-state index is 0.284. The third-order valence-electron chi connectivity index (χ3n) is 6.02. The van der Waals surface area contributed by atoms with Crippen molar-refractivity contribution >= 4 is 10.5 Å². The molecule has 0 aliphatic heterocycles. The summed E-state index contributed by atoms with van der Waals surface area (Å²) in [6.07, 6.45) is 14.4. The topological polar surface area (TPSA) is 9.23 Å². The van der Waals surface area contributed by atoms with E-state index in [1.807, 2.05) is 0 Å². The Kier molecular flexibility index (Phi) is 5.75. The van der Waals surface area contributed by atoms with Crippen molar-refractivity contribution < 1.29 is 4.43 Å². The van der Waals surface area contributed by atoms with Gasteiger partial charge < -0.3 is 4.43 Å². The second kappa shape index (κ2) is 7.78. The second-order valence-electron chi connectivity index (χ2n) is 7.40. The Morgan fingerprint density at radius 3 is 2.09 bits per heavy atom. The van der Waals surface area contributed by atoms with Gasteiger partial charge in [0.05, 0.1) is 6.10 Å². The van der Waals surface area contributed by atoms with Gasteiger partial charge in [-0.2, -0.15) is 0 Å². The molecule has 0 amide bonds. The Balaban J connectivity index is 1.99. The van der Waals surface area contributed by atoms with Gasteiger partial charge in [0, 0.05) is 0 Å². The van der Waals surface area contributed by atoms with Crippen LogP contribution in [-0.4, -0.2) is 10.5 Å². The zero-order valence-electron chi connectivity index (χ0n) is 14.4. The van der Waals surface area contributed by atoms with Crippen molar-refractivity contribution in [2.24, 2.45) is 0 Å². The molecule has 22 heavy (non-hydrogen) atoms. The molecule has 1 nitrogen and oxygen atoms in total. The molecule has 1 atom stereocenters. The number of hydrogen-bond acceptors (Lipinski definition) is 1. The maximum absolute atomic E-state index is 5.85. The molecule has 2 saturated carbocycles. The second-order valence-corrected chi connectivity index (χ2v) is 7.87. The van der Waals surface area contributed by atoms with Gasteiger partial charge in [0.15, 0.2) is 0 Å². The van der Waals surface area contributed by atoms with E-state index in [2.05, 4.69) is 25.1 Å². The third-order valence-corrected chi connectivity index (χ3v) is 6.73. The molecule has 3 rings (SSSR count). The van der Waals surface area contributed by atoms with Crippen LogP contribution in [0.2, 0.25) is 0 Å². The highest BCUT2D eigenvalue weighted by molar-refractivity contribution is 5.98. The maximum atomic E-state index is 5.85. The van der Waals surface area contributed by atoms with Crippen molar-refractivity contribution in [3.63, 3.8) is 0 Å². The first-order chi connectivity index (χ1) is 10.8. The van der Waals surface area contributed by atoms with E-state index in [9.17, 15) is 0 Å². The first kappa shape index (κ1) is 16.3. The lowest BCUT2D eigenvalue weighted by atomic mass is 9.74. The quantitative estimate of drug-likeness (QED) is 0.699. The van der Waals surface area contributed by atoms with Gasteiger partial charge in [-0.1, -0.05) is 56.7 Å². The average molecular weight is 317 g/mol. The van der Waals surface area contributed by atoms with Gasteiger partial charge in [0.2, 0.25) is 0 Å². The molecular weight excluding hydrogens is 284 g/mol. The van der Waals surface area contributed by atoms with Crippen LogP contribution >= 0.6 is 0 Å². The maximum Gasteiger partial charge on any atom is 0.146 e. The fourth-order valence-corrected chi connectivity index (χ4v) is 4.97. The summed E-state index contributed by atoms with van der Waals surface area (Å²) in [6, 6.07) is 7.09. The average Bonchev–Trinajstić information content (AvgIpc) is 2.62. The monoisotopic (exact) mass is 316 g/mol. The zero-order chi connectivity index (χ0) is 15.4. The van der Waals surface area contributed by atoms with Crippen LogP contribution in [0.4, 0.5) is 0 Å². The lowest BCUT2D eigenvalue weighted by molar-refractivity contribution is 0.247. The Morgan fingerprint density at radius 2 is 1.50 bits per heavy atom. The highest BCUT2D eigenvalue weighted by atomic mass is 28.2. The number of benzene rings is 1. The zero-order valence-corrected chi connectivity index (χ0v) is 16.4. The van der Waals surface area contributed by atoms with Gasteiger partial charge in [-0.3, -0.25) is 0 Å². The molecule has 2 fully saturated rings. The molecule has 122 valence electrons. The molecule has 0 spiro atoms. The standard InChI is InChI=1S/C20H32OSi/c1-15(21-22)18-13-8-14-19(16-9-4-2-5-10-16)20(18)17-11-6-3-7-12-17/h8,13-17H,2-7,9-12H2,1,22H3. The van der Waals surface area contributed by atoms with E-state index >= 15 is 0 Å². The van der Waals surface area contributed by atoms with E-state index in [-0.39, 0.29) is 6.10 Å². The molecule has 2 aliphatic carbocycles.